The van der Waals surface area contributed by atoms with Gasteiger partial charge < -0.3 is 5.11 Å². The summed E-state index contributed by atoms with van der Waals surface area (Å²) in [5, 5.41) is 10.1. The predicted molar refractivity (Wildman–Crippen MR) is 185 cm³/mol. The highest BCUT2D eigenvalue weighted by atomic mass is 16.3. The van der Waals surface area contributed by atoms with Gasteiger partial charge in [0, 0.05) is 0 Å². The molecule has 1 atom stereocenters. The summed E-state index contributed by atoms with van der Waals surface area (Å²) >= 11 is 0. The molecule has 0 aromatic rings. The third kappa shape index (κ3) is 16.4. The van der Waals surface area contributed by atoms with Gasteiger partial charge in [-0.15, -0.1) is 0 Å². The average Bonchev–Trinajstić information content (AvgIpc) is 2.85. The molecule has 0 aromatic heterocycles. The third-order valence-corrected chi connectivity index (χ3v) is 6.76. The summed E-state index contributed by atoms with van der Waals surface area (Å²) in [6.07, 6.45) is 39.5. The molecule has 1 heteroatoms. The first-order chi connectivity index (χ1) is 19.3. The maximum Gasteiger partial charge on any atom is 0.0585 e. The minimum atomic E-state index is -0.223. The standard InChI is InChI=1S/C40H54O/c1-31(2)17-13-20-34(5)23-15-25-35(6)24-14-21-32(3)18-11-12-19-33(4)22-16-26-36(7)27-28-39-37(8)29-38(41)30-40(39,9)10/h11-28,38,41H,29-30H2,1-10H3/b12-11+,20-13+,21-14+,22-16+,25-15+,28-27+,32-18+,33-19+,34-23+,35-24+,36-26+/t38-/m1/s1. The molecule has 0 bridgehead atoms. The molecule has 41 heavy (non-hydrogen) atoms. The highest BCUT2D eigenvalue weighted by Gasteiger charge is 2.31. The van der Waals surface area contributed by atoms with Crippen LogP contribution in [-0.2, 0) is 0 Å². The molecule has 0 saturated carbocycles. The van der Waals surface area contributed by atoms with Gasteiger partial charge in [-0.1, -0.05) is 162 Å². The van der Waals surface area contributed by atoms with Crippen molar-refractivity contribution in [3.63, 3.8) is 0 Å². The number of aliphatic hydroxyl groups is 1. The van der Waals surface area contributed by atoms with E-state index in [-0.39, 0.29) is 11.5 Å². The Labute approximate surface area is 252 Å². The number of hydrogen-bond acceptors (Lipinski definition) is 1. The Balaban J connectivity index is 2.63. The molecule has 0 saturated heterocycles. The molecule has 0 unspecified atom stereocenters. The molecule has 1 aliphatic carbocycles. The van der Waals surface area contributed by atoms with E-state index in [1.807, 2.05) is 0 Å². The zero-order valence-corrected chi connectivity index (χ0v) is 27.3. The Hall–Kier alpha value is -3.42. The van der Waals surface area contributed by atoms with Gasteiger partial charge in [0.05, 0.1) is 6.10 Å². The third-order valence-electron chi connectivity index (χ3n) is 6.76. The van der Waals surface area contributed by atoms with Crippen LogP contribution in [0.2, 0.25) is 0 Å². The Morgan fingerprint density at radius 3 is 1.34 bits per heavy atom. The normalized spacial score (nSPS) is 20.4. The molecule has 1 nitrogen and oxygen atoms in total. The van der Waals surface area contributed by atoms with Gasteiger partial charge in [-0.3, -0.25) is 0 Å². The Bertz CT molecular complexity index is 1260. The molecule has 1 aliphatic rings. The predicted octanol–water partition coefficient (Wildman–Crippen LogP) is 11.5. The van der Waals surface area contributed by atoms with E-state index in [4.69, 9.17) is 0 Å². The lowest BCUT2D eigenvalue weighted by Gasteiger charge is -2.35. The molecular weight excluding hydrogens is 496 g/mol. The van der Waals surface area contributed by atoms with E-state index in [9.17, 15) is 5.11 Å². The lowest BCUT2D eigenvalue weighted by molar-refractivity contribution is 0.116. The molecular formula is C40H54O. The van der Waals surface area contributed by atoms with Gasteiger partial charge >= 0.3 is 0 Å². The SMILES string of the molecule is CC(C)=C/C=C/C(C)=C/C=C/C(C)=C/C=C/C(C)=C/C=C/C=C(C)/C=C/C=C(C)/C=C/C1=C(C)C[C@@H](O)CC1(C)C. The van der Waals surface area contributed by atoms with Crippen LogP contribution >= 0.6 is 0 Å². The van der Waals surface area contributed by atoms with E-state index < -0.39 is 0 Å². The van der Waals surface area contributed by atoms with E-state index in [1.165, 1.54) is 44.6 Å². The van der Waals surface area contributed by atoms with E-state index in [0.29, 0.717) is 0 Å². The molecule has 1 rings (SSSR count). The van der Waals surface area contributed by atoms with Gasteiger partial charge in [0.2, 0.25) is 0 Å². The van der Waals surface area contributed by atoms with E-state index >= 15 is 0 Å². The van der Waals surface area contributed by atoms with E-state index in [0.717, 1.165) is 12.8 Å². The molecule has 0 aromatic carbocycles. The zero-order valence-electron chi connectivity index (χ0n) is 27.3. The molecule has 0 aliphatic heterocycles. The molecule has 0 fully saturated rings. The van der Waals surface area contributed by atoms with Crippen LogP contribution in [0, 0.1) is 5.41 Å². The van der Waals surface area contributed by atoms with Gasteiger partial charge in [0.1, 0.15) is 0 Å². The van der Waals surface area contributed by atoms with Crippen LogP contribution in [0.5, 0.6) is 0 Å². The van der Waals surface area contributed by atoms with E-state index in [1.54, 1.807) is 0 Å². The highest BCUT2D eigenvalue weighted by Crippen LogP contribution is 2.41. The van der Waals surface area contributed by atoms with Crippen LogP contribution < -0.4 is 0 Å². The van der Waals surface area contributed by atoms with Crippen LogP contribution in [0.15, 0.2) is 154 Å². The second-order valence-electron chi connectivity index (χ2n) is 12.1. The van der Waals surface area contributed by atoms with Crippen molar-refractivity contribution in [1.82, 2.24) is 0 Å². The lowest BCUT2D eigenvalue weighted by atomic mass is 9.71. The first-order valence-corrected chi connectivity index (χ1v) is 14.7. The molecule has 0 radical (unpaired) electrons. The zero-order chi connectivity index (χ0) is 30.8. The maximum atomic E-state index is 10.1. The summed E-state index contributed by atoms with van der Waals surface area (Å²) in [7, 11) is 0. The number of allylic oxidation sites excluding steroid dienone is 25. The van der Waals surface area contributed by atoms with Crippen molar-refractivity contribution in [2.45, 2.75) is 88.2 Å². The molecule has 0 amide bonds. The summed E-state index contributed by atoms with van der Waals surface area (Å²) in [5.41, 5.74) is 9.97. The van der Waals surface area contributed by atoms with Gasteiger partial charge in [0.25, 0.3) is 0 Å². The summed E-state index contributed by atoms with van der Waals surface area (Å²) < 4.78 is 0. The number of rotatable bonds is 12. The van der Waals surface area contributed by atoms with Crippen molar-refractivity contribution in [2.24, 2.45) is 5.41 Å². The smallest absolute Gasteiger partial charge is 0.0585 e. The summed E-state index contributed by atoms with van der Waals surface area (Å²) in [6, 6.07) is 0. The Kier molecular flexibility index (Phi) is 16.4. The molecule has 0 heterocycles. The van der Waals surface area contributed by atoms with Crippen molar-refractivity contribution in [3.8, 4) is 0 Å². The quantitative estimate of drug-likeness (QED) is 0.240. The molecule has 220 valence electrons. The highest BCUT2D eigenvalue weighted by molar-refractivity contribution is 5.38. The fourth-order valence-corrected chi connectivity index (χ4v) is 4.53. The Morgan fingerprint density at radius 1 is 0.585 bits per heavy atom. The van der Waals surface area contributed by atoms with Gasteiger partial charge in [-0.25, -0.2) is 0 Å². The average molecular weight is 551 g/mol. The van der Waals surface area contributed by atoms with Gasteiger partial charge in [-0.2, -0.15) is 0 Å². The van der Waals surface area contributed by atoms with Gasteiger partial charge in [-0.05, 0) is 79.2 Å². The van der Waals surface area contributed by atoms with Gasteiger partial charge in [0.15, 0.2) is 0 Å². The monoisotopic (exact) mass is 550 g/mol. The fraction of sp³-hybridized carbons (Fsp3) is 0.350. The summed E-state index contributed by atoms with van der Waals surface area (Å²) in [6.45, 7) is 21.3. The van der Waals surface area contributed by atoms with Crippen molar-refractivity contribution < 1.29 is 5.11 Å². The van der Waals surface area contributed by atoms with Crippen LogP contribution in [-0.4, -0.2) is 11.2 Å². The minimum Gasteiger partial charge on any atom is -0.393 e. The molecule has 1 N–H and O–H groups in total. The second kappa shape index (κ2) is 18.8. The lowest BCUT2D eigenvalue weighted by Crippen LogP contribution is -2.28. The van der Waals surface area contributed by atoms with Crippen molar-refractivity contribution in [3.05, 3.63) is 154 Å². The van der Waals surface area contributed by atoms with Crippen molar-refractivity contribution in [1.29, 1.82) is 0 Å². The van der Waals surface area contributed by atoms with E-state index in [2.05, 4.69) is 179 Å². The number of aliphatic hydroxyl groups excluding tert-OH is 1. The second-order valence-corrected chi connectivity index (χ2v) is 12.1. The first-order valence-electron chi connectivity index (χ1n) is 14.7. The van der Waals surface area contributed by atoms with Crippen LogP contribution in [0.3, 0.4) is 0 Å². The Morgan fingerprint density at radius 2 is 0.951 bits per heavy atom. The van der Waals surface area contributed by atoms with Crippen molar-refractivity contribution >= 4 is 0 Å². The van der Waals surface area contributed by atoms with Crippen molar-refractivity contribution in [2.75, 3.05) is 0 Å². The van der Waals surface area contributed by atoms with Crippen LogP contribution in [0.25, 0.3) is 0 Å². The summed E-state index contributed by atoms with van der Waals surface area (Å²) in [4.78, 5) is 0. The fourth-order valence-electron chi connectivity index (χ4n) is 4.53. The number of hydrogen-bond donors (Lipinski definition) is 1. The van der Waals surface area contributed by atoms with Crippen LogP contribution in [0.4, 0.5) is 0 Å². The largest absolute Gasteiger partial charge is 0.393 e. The topological polar surface area (TPSA) is 20.2 Å². The summed E-state index contributed by atoms with van der Waals surface area (Å²) in [5.74, 6) is 0. The first kappa shape index (κ1) is 35.6. The minimum absolute atomic E-state index is 0.00964. The van der Waals surface area contributed by atoms with Crippen LogP contribution in [0.1, 0.15) is 82.1 Å². The maximum absolute atomic E-state index is 10.1. The molecule has 0 spiro atoms.